The van der Waals surface area contributed by atoms with Gasteiger partial charge in [0.05, 0.1) is 17.0 Å². The summed E-state index contributed by atoms with van der Waals surface area (Å²) in [5.74, 6) is 0.0723. The van der Waals surface area contributed by atoms with Crippen molar-refractivity contribution in [3.05, 3.63) is 71.3 Å². The van der Waals surface area contributed by atoms with Gasteiger partial charge in [0.25, 0.3) is 0 Å². The van der Waals surface area contributed by atoms with Gasteiger partial charge < -0.3 is 4.90 Å². The summed E-state index contributed by atoms with van der Waals surface area (Å²) in [6.07, 6.45) is 0. The van der Waals surface area contributed by atoms with Crippen molar-refractivity contribution in [1.82, 2.24) is 4.90 Å². The smallest absolute Gasteiger partial charge is 0.232 e. The maximum absolute atomic E-state index is 12.8. The Balaban J connectivity index is 2.13. The number of carbonyl (C=O) groups is 1. The second-order valence-electron chi connectivity index (χ2n) is 5.96. The second-order valence-corrected chi connectivity index (χ2v) is 5.96. The minimum absolute atomic E-state index is 0.0723. The van der Waals surface area contributed by atoms with Gasteiger partial charge in [0.15, 0.2) is 0 Å². The van der Waals surface area contributed by atoms with Crippen LogP contribution in [-0.2, 0) is 16.8 Å². The third-order valence-electron chi connectivity index (χ3n) is 3.88. The maximum Gasteiger partial charge on any atom is 0.232 e. The molecule has 3 heteroatoms. The summed E-state index contributed by atoms with van der Waals surface area (Å²) < 4.78 is 0. The molecule has 0 N–H and O–H groups in total. The van der Waals surface area contributed by atoms with Crippen LogP contribution in [0.4, 0.5) is 0 Å². The van der Waals surface area contributed by atoms with Crippen molar-refractivity contribution in [1.29, 1.82) is 5.26 Å². The summed E-state index contributed by atoms with van der Waals surface area (Å²) in [4.78, 5) is 14.5. The molecule has 0 saturated carbocycles. The Bertz CT molecular complexity index is 682. The number of rotatable bonds is 4. The summed E-state index contributed by atoms with van der Waals surface area (Å²) >= 11 is 0. The SMILES string of the molecule is CN(Cc1ccc(C#N)cc1)C(=O)C(C)(C)c1ccccc1. The monoisotopic (exact) mass is 292 g/mol. The van der Waals surface area contributed by atoms with Gasteiger partial charge in [0.2, 0.25) is 5.91 Å². The fourth-order valence-electron chi connectivity index (χ4n) is 2.49. The first-order valence-corrected chi connectivity index (χ1v) is 7.25. The molecule has 0 aliphatic rings. The van der Waals surface area contributed by atoms with Gasteiger partial charge in [0.1, 0.15) is 0 Å². The lowest BCUT2D eigenvalue weighted by molar-refractivity contribution is -0.135. The second kappa shape index (κ2) is 6.44. The normalized spacial score (nSPS) is 10.8. The largest absolute Gasteiger partial charge is 0.341 e. The number of carbonyl (C=O) groups excluding carboxylic acids is 1. The molecule has 0 spiro atoms. The van der Waals surface area contributed by atoms with E-state index in [-0.39, 0.29) is 5.91 Å². The van der Waals surface area contributed by atoms with Crippen LogP contribution in [0.25, 0.3) is 0 Å². The van der Waals surface area contributed by atoms with Crippen LogP contribution in [0.3, 0.4) is 0 Å². The van der Waals surface area contributed by atoms with Gasteiger partial charge in [-0.15, -0.1) is 0 Å². The van der Waals surface area contributed by atoms with E-state index in [0.717, 1.165) is 11.1 Å². The maximum atomic E-state index is 12.8. The van der Waals surface area contributed by atoms with Crippen molar-refractivity contribution in [3.8, 4) is 6.07 Å². The lowest BCUT2D eigenvalue weighted by Gasteiger charge is -2.30. The van der Waals surface area contributed by atoms with Gasteiger partial charge in [-0.25, -0.2) is 0 Å². The summed E-state index contributed by atoms with van der Waals surface area (Å²) in [5, 5.41) is 8.82. The van der Waals surface area contributed by atoms with E-state index in [1.165, 1.54) is 0 Å². The molecule has 0 bridgehead atoms. The molecule has 2 aromatic carbocycles. The summed E-state index contributed by atoms with van der Waals surface area (Å²) in [6, 6.07) is 19.2. The minimum Gasteiger partial charge on any atom is -0.341 e. The highest BCUT2D eigenvalue weighted by Crippen LogP contribution is 2.25. The van der Waals surface area contributed by atoms with Gasteiger partial charge >= 0.3 is 0 Å². The van der Waals surface area contributed by atoms with E-state index in [1.54, 1.807) is 17.0 Å². The highest BCUT2D eigenvalue weighted by Gasteiger charge is 2.32. The Hall–Kier alpha value is -2.60. The molecule has 0 atom stereocenters. The van der Waals surface area contributed by atoms with Gasteiger partial charge in [-0.2, -0.15) is 5.26 Å². The Morgan fingerprint density at radius 3 is 2.23 bits per heavy atom. The van der Waals surface area contributed by atoms with Gasteiger partial charge in [-0.3, -0.25) is 4.79 Å². The lowest BCUT2D eigenvalue weighted by Crippen LogP contribution is -2.40. The zero-order valence-corrected chi connectivity index (χ0v) is 13.2. The Morgan fingerprint density at radius 2 is 1.68 bits per heavy atom. The van der Waals surface area contributed by atoms with Crippen LogP contribution in [0.2, 0.25) is 0 Å². The highest BCUT2D eigenvalue weighted by molar-refractivity contribution is 5.87. The molecular formula is C19H20N2O. The van der Waals surface area contributed by atoms with Crippen LogP contribution in [0.15, 0.2) is 54.6 Å². The minimum atomic E-state index is -0.567. The van der Waals surface area contributed by atoms with Crippen molar-refractivity contribution in [3.63, 3.8) is 0 Å². The van der Waals surface area contributed by atoms with Crippen LogP contribution in [-0.4, -0.2) is 17.9 Å². The fourth-order valence-corrected chi connectivity index (χ4v) is 2.49. The first kappa shape index (κ1) is 15.8. The molecule has 3 nitrogen and oxygen atoms in total. The average Bonchev–Trinajstić information content (AvgIpc) is 2.55. The molecule has 22 heavy (non-hydrogen) atoms. The van der Waals surface area contributed by atoms with E-state index in [2.05, 4.69) is 6.07 Å². The number of amides is 1. The topological polar surface area (TPSA) is 44.1 Å². The molecule has 0 radical (unpaired) electrons. The average molecular weight is 292 g/mol. The van der Waals surface area contributed by atoms with E-state index >= 15 is 0 Å². The first-order valence-electron chi connectivity index (χ1n) is 7.25. The third kappa shape index (κ3) is 3.35. The van der Waals surface area contributed by atoms with Gasteiger partial charge in [-0.1, -0.05) is 42.5 Å². The number of hydrogen-bond acceptors (Lipinski definition) is 2. The van der Waals surface area contributed by atoms with E-state index in [0.29, 0.717) is 12.1 Å². The van der Waals surface area contributed by atoms with Crippen LogP contribution >= 0.6 is 0 Å². The zero-order valence-electron chi connectivity index (χ0n) is 13.2. The number of nitriles is 1. The number of nitrogens with zero attached hydrogens (tertiary/aromatic N) is 2. The summed E-state index contributed by atoms with van der Waals surface area (Å²) in [6.45, 7) is 4.42. The van der Waals surface area contributed by atoms with Crippen LogP contribution < -0.4 is 0 Å². The summed E-state index contributed by atoms with van der Waals surface area (Å²) in [5.41, 5.74) is 2.08. The van der Waals surface area contributed by atoms with E-state index < -0.39 is 5.41 Å². The molecule has 2 rings (SSSR count). The molecule has 0 saturated heterocycles. The molecule has 0 heterocycles. The zero-order chi connectivity index (χ0) is 16.2. The highest BCUT2D eigenvalue weighted by atomic mass is 16.2. The predicted octanol–water partition coefficient (Wildman–Crippen LogP) is 3.49. The molecule has 0 fully saturated rings. The molecule has 0 unspecified atom stereocenters. The third-order valence-corrected chi connectivity index (χ3v) is 3.88. The van der Waals surface area contributed by atoms with Gasteiger partial charge in [-0.05, 0) is 37.1 Å². The Labute approximate surface area is 131 Å². The van der Waals surface area contributed by atoms with E-state index in [4.69, 9.17) is 5.26 Å². The number of likely N-dealkylation sites (N-methyl/N-ethyl adjacent to an activating group) is 1. The molecule has 0 aliphatic carbocycles. The van der Waals surface area contributed by atoms with Crippen molar-refractivity contribution < 1.29 is 4.79 Å². The summed E-state index contributed by atoms with van der Waals surface area (Å²) in [7, 11) is 1.81. The fraction of sp³-hybridized carbons (Fsp3) is 0.263. The lowest BCUT2D eigenvalue weighted by atomic mass is 9.83. The van der Waals surface area contributed by atoms with Gasteiger partial charge in [0, 0.05) is 13.6 Å². The number of benzene rings is 2. The van der Waals surface area contributed by atoms with Crippen LogP contribution in [0.1, 0.15) is 30.5 Å². The number of hydrogen-bond donors (Lipinski definition) is 0. The van der Waals surface area contributed by atoms with Crippen molar-refractivity contribution >= 4 is 5.91 Å². The molecule has 0 aromatic heterocycles. The predicted molar refractivity (Wildman–Crippen MR) is 87.1 cm³/mol. The van der Waals surface area contributed by atoms with E-state index in [9.17, 15) is 4.79 Å². The van der Waals surface area contributed by atoms with Crippen molar-refractivity contribution in [2.24, 2.45) is 0 Å². The Morgan fingerprint density at radius 1 is 1.09 bits per heavy atom. The van der Waals surface area contributed by atoms with Crippen LogP contribution in [0.5, 0.6) is 0 Å². The van der Waals surface area contributed by atoms with Crippen LogP contribution in [0, 0.1) is 11.3 Å². The molecular weight excluding hydrogens is 272 g/mol. The van der Waals surface area contributed by atoms with Crippen molar-refractivity contribution in [2.45, 2.75) is 25.8 Å². The molecule has 0 aliphatic heterocycles. The standard InChI is InChI=1S/C19H20N2O/c1-19(2,17-7-5-4-6-8-17)18(22)21(3)14-16-11-9-15(13-20)10-12-16/h4-12H,14H2,1-3H3. The molecule has 1 amide bonds. The quantitative estimate of drug-likeness (QED) is 0.865. The van der Waals surface area contributed by atoms with E-state index in [1.807, 2.05) is 63.4 Å². The molecule has 112 valence electrons. The molecule has 2 aromatic rings. The van der Waals surface area contributed by atoms with Crippen molar-refractivity contribution in [2.75, 3.05) is 7.05 Å². The Kier molecular flexibility index (Phi) is 4.62. The first-order chi connectivity index (χ1) is 10.4.